The summed E-state index contributed by atoms with van der Waals surface area (Å²) < 4.78 is 11.1. The van der Waals surface area contributed by atoms with Gasteiger partial charge in [0.15, 0.2) is 0 Å². The maximum atomic E-state index is 12.8. The van der Waals surface area contributed by atoms with E-state index in [0.717, 1.165) is 5.56 Å². The van der Waals surface area contributed by atoms with E-state index in [4.69, 9.17) is 9.47 Å². The van der Waals surface area contributed by atoms with E-state index in [-0.39, 0.29) is 11.8 Å². The summed E-state index contributed by atoms with van der Waals surface area (Å²) in [5.74, 6) is 0.883. The third-order valence-electron chi connectivity index (χ3n) is 3.85. The van der Waals surface area contributed by atoms with Gasteiger partial charge in [0, 0.05) is 11.5 Å². The summed E-state index contributed by atoms with van der Waals surface area (Å²) >= 11 is 1.25. The van der Waals surface area contributed by atoms with E-state index < -0.39 is 5.41 Å². The van der Waals surface area contributed by atoms with Crippen molar-refractivity contribution >= 4 is 33.8 Å². The van der Waals surface area contributed by atoms with Crippen LogP contribution in [0.3, 0.4) is 0 Å². The largest absolute Gasteiger partial charge is 0.494 e. The second-order valence-electron chi connectivity index (χ2n) is 7.31. The molecule has 0 aliphatic carbocycles. The van der Waals surface area contributed by atoms with Gasteiger partial charge in [0.1, 0.15) is 11.5 Å². The molecule has 2 aromatic rings. The normalized spacial score (nSPS) is 11.1. The van der Waals surface area contributed by atoms with Gasteiger partial charge in [-0.2, -0.15) is 0 Å². The second kappa shape index (κ2) is 9.10. The molecule has 0 unspecified atom stereocenters. The standard InChI is InChI=1S/C21H28N2O4S/c1-7-26-14-9-10-16(27-8-2)15(12-14)22-19(24)18-13(3)11-17(28-18)23-20(25)21(4,5)6/h9-12H,7-8H2,1-6H3,(H,22,24)(H,23,25). The third-order valence-corrected chi connectivity index (χ3v) is 5.00. The molecule has 152 valence electrons. The fraction of sp³-hybridized carbons (Fsp3) is 0.429. The van der Waals surface area contributed by atoms with Gasteiger partial charge in [-0.25, -0.2) is 0 Å². The number of aryl methyl sites for hydroxylation is 1. The quantitative estimate of drug-likeness (QED) is 0.674. The topological polar surface area (TPSA) is 76.7 Å². The van der Waals surface area contributed by atoms with E-state index in [0.29, 0.717) is 40.3 Å². The lowest BCUT2D eigenvalue weighted by molar-refractivity contribution is -0.123. The molecule has 0 saturated carbocycles. The molecule has 28 heavy (non-hydrogen) atoms. The molecule has 0 fully saturated rings. The molecule has 0 spiro atoms. The van der Waals surface area contributed by atoms with Crippen molar-refractivity contribution in [2.75, 3.05) is 23.8 Å². The van der Waals surface area contributed by atoms with Gasteiger partial charge in [-0.3, -0.25) is 9.59 Å². The number of amides is 2. The molecule has 1 aromatic heterocycles. The number of benzene rings is 1. The smallest absolute Gasteiger partial charge is 0.266 e. The van der Waals surface area contributed by atoms with E-state index in [1.54, 1.807) is 18.2 Å². The van der Waals surface area contributed by atoms with Gasteiger partial charge in [0.25, 0.3) is 5.91 Å². The number of anilines is 2. The van der Waals surface area contributed by atoms with Crippen LogP contribution in [0.2, 0.25) is 0 Å². The van der Waals surface area contributed by atoms with E-state index in [1.807, 2.05) is 47.6 Å². The minimum Gasteiger partial charge on any atom is -0.494 e. The Balaban J connectivity index is 2.23. The molecule has 6 nitrogen and oxygen atoms in total. The van der Waals surface area contributed by atoms with Crippen LogP contribution < -0.4 is 20.1 Å². The van der Waals surface area contributed by atoms with Crippen LogP contribution in [0.5, 0.6) is 11.5 Å². The van der Waals surface area contributed by atoms with Crippen LogP contribution in [0.25, 0.3) is 0 Å². The van der Waals surface area contributed by atoms with E-state index >= 15 is 0 Å². The summed E-state index contributed by atoms with van der Waals surface area (Å²) in [7, 11) is 0. The first-order valence-electron chi connectivity index (χ1n) is 9.28. The highest BCUT2D eigenvalue weighted by atomic mass is 32.1. The summed E-state index contributed by atoms with van der Waals surface area (Å²) in [5, 5.41) is 6.42. The fourth-order valence-electron chi connectivity index (χ4n) is 2.39. The first-order chi connectivity index (χ1) is 13.2. The van der Waals surface area contributed by atoms with Crippen molar-refractivity contribution in [2.24, 2.45) is 5.41 Å². The van der Waals surface area contributed by atoms with Gasteiger partial charge in [-0.15, -0.1) is 11.3 Å². The van der Waals surface area contributed by atoms with Crippen molar-refractivity contribution in [3.8, 4) is 11.5 Å². The molecule has 0 aliphatic heterocycles. The predicted octanol–water partition coefficient (Wildman–Crippen LogP) is 5.09. The summed E-state index contributed by atoms with van der Waals surface area (Å²) in [5.41, 5.74) is 0.836. The number of ether oxygens (including phenoxy) is 2. The highest BCUT2D eigenvalue weighted by Crippen LogP contribution is 2.32. The Hall–Kier alpha value is -2.54. The van der Waals surface area contributed by atoms with Crippen LogP contribution >= 0.6 is 11.3 Å². The lowest BCUT2D eigenvalue weighted by atomic mass is 9.96. The number of rotatable bonds is 7. The molecule has 2 rings (SSSR count). The zero-order valence-electron chi connectivity index (χ0n) is 17.3. The third kappa shape index (κ3) is 5.48. The first-order valence-corrected chi connectivity index (χ1v) is 10.1. The lowest BCUT2D eigenvalue weighted by Crippen LogP contribution is -2.27. The molecule has 0 aliphatic rings. The summed E-state index contributed by atoms with van der Waals surface area (Å²) in [6.07, 6.45) is 0. The van der Waals surface area contributed by atoms with Gasteiger partial charge >= 0.3 is 0 Å². The zero-order valence-corrected chi connectivity index (χ0v) is 18.1. The van der Waals surface area contributed by atoms with E-state index in [1.165, 1.54) is 11.3 Å². The van der Waals surface area contributed by atoms with Gasteiger partial charge in [-0.1, -0.05) is 20.8 Å². The van der Waals surface area contributed by atoms with Gasteiger partial charge < -0.3 is 20.1 Å². The number of hydrogen-bond acceptors (Lipinski definition) is 5. The van der Waals surface area contributed by atoms with Crippen molar-refractivity contribution in [3.63, 3.8) is 0 Å². The summed E-state index contributed by atoms with van der Waals surface area (Å²) in [6, 6.07) is 7.14. The van der Waals surface area contributed by atoms with E-state index in [9.17, 15) is 9.59 Å². The molecule has 1 heterocycles. The number of carbonyl (C=O) groups is 2. The molecule has 0 atom stereocenters. The van der Waals surface area contributed by atoms with Crippen LogP contribution in [0.1, 0.15) is 49.9 Å². The Morgan fingerprint density at radius 3 is 2.32 bits per heavy atom. The molecule has 1 aromatic carbocycles. The highest BCUT2D eigenvalue weighted by molar-refractivity contribution is 7.18. The Morgan fingerprint density at radius 1 is 1.04 bits per heavy atom. The first kappa shape index (κ1) is 21.8. The second-order valence-corrected chi connectivity index (χ2v) is 8.36. The maximum Gasteiger partial charge on any atom is 0.266 e. The maximum absolute atomic E-state index is 12.8. The Bertz CT molecular complexity index is 853. The predicted molar refractivity (Wildman–Crippen MR) is 114 cm³/mol. The van der Waals surface area contributed by atoms with Crippen LogP contribution in [0.15, 0.2) is 24.3 Å². The van der Waals surface area contributed by atoms with Crippen LogP contribution in [0, 0.1) is 12.3 Å². The van der Waals surface area contributed by atoms with Crippen molar-refractivity contribution < 1.29 is 19.1 Å². The monoisotopic (exact) mass is 404 g/mol. The van der Waals surface area contributed by atoms with Crippen molar-refractivity contribution in [1.82, 2.24) is 0 Å². The molecule has 0 saturated heterocycles. The average Bonchev–Trinajstić information content (AvgIpc) is 2.97. The Morgan fingerprint density at radius 2 is 1.71 bits per heavy atom. The SMILES string of the molecule is CCOc1ccc(OCC)c(NC(=O)c2sc(NC(=O)C(C)(C)C)cc2C)c1. The number of carbonyl (C=O) groups excluding carboxylic acids is 2. The van der Waals surface area contributed by atoms with E-state index in [2.05, 4.69) is 10.6 Å². The van der Waals surface area contributed by atoms with Crippen LogP contribution in [0.4, 0.5) is 10.7 Å². The van der Waals surface area contributed by atoms with Gasteiger partial charge in [-0.05, 0) is 44.5 Å². The number of hydrogen-bond donors (Lipinski definition) is 2. The zero-order chi connectivity index (χ0) is 20.9. The van der Waals surface area contributed by atoms with Crippen LogP contribution in [-0.4, -0.2) is 25.0 Å². The molecular formula is C21H28N2O4S. The molecular weight excluding hydrogens is 376 g/mol. The van der Waals surface area contributed by atoms with Gasteiger partial charge in [0.2, 0.25) is 5.91 Å². The lowest BCUT2D eigenvalue weighted by Gasteiger charge is -2.16. The molecule has 0 radical (unpaired) electrons. The molecule has 2 amide bonds. The molecule has 2 N–H and O–H groups in total. The average molecular weight is 405 g/mol. The van der Waals surface area contributed by atoms with Crippen molar-refractivity contribution in [3.05, 3.63) is 34.7 Å². The number of thiophene rings is 1. The van der Waals surface area contributed by atoms with Gasteiger partial charge in [0.05, 0.1) is 28.8 Å². The molecule has 7 heteroatoms. The minimum atomic E-state index is -0.508. The summed E-state index contributed by atoms with van der Waals surface area (Å²) in [4.78, 5) is 25.6. The van der Waals surface area contributed by atoms with Crippen LogP contribution in [-0.2, 0) is 4.79 Å². The molecule has 0 bridgehead atoms. The Kier molecular flexibility index (Phi) is 7.07. The Labute approximate surface area is 170 Å². The van der Waals surface area contributed by atoms with Crippen molar-refractivity contribution in [2.45, 2.75) is 41.5 Å². The fourth-order valence-corrected chi connectivity index (χ4v) is 3.36. The minimum absolute atomic E-state index is 0.0937. The highest BCUT2D eigenvalue weighted by Gasteiger charge is 2.23. The van der Waals surface area contributed by atoms with Crippen molar-refractivity contribution in [1.29, 1.82) is 0 Å². The number of nitrogens with one attached hydrogen (secondary N) is 2. The summed E-state index contributed by atoms with van der Waals surface area (Å²) in [6.45, 7) is 12.2.